The predicted molar refractivity (Wildman–Crippen MR) is 106 cm³/mol. The van der Waals surface area contributed by atoms with E-state index in [0.29, 0.717) is 24.6 Å². The van der Waals surface area contributed by atoms with E-state index >= 15 is 0 Å². The molecule has 1 atom stereocenters. The molecule has 0 aliphatic carbocycles. The molecule has 0 radical (unpaired) electrons. The van der Waals surface area contributed by atoms with E-state index in [1.165, 1.54) is 40.7 Å². The zero-order valence-corrected chi connectivity index (χ0v) is 17.4. The van der Waals surface area contributed by atoms with Gasteiger partial charge in [0.05, 0.1) is 9.79 Å². The van der Waals surface area contributed by atoms with E-state index in [1.807, 2.05) is 6.92 Å². The van der Waals surface area contributed by atoms with Gasteiger partial charge in [0.25, 0.3) is 10.0 Å². The molecule has 0 bridgehead atoms. The Bertz CT molecular complexity index is 1070. The summed E-state index contributed by atoms with van der Waals surface area (Å²) in [5.41, 5.74) is 0.549. The second-order valence-corrected chi connectivity index (χ2v) is 10.8. The van der Waals surface area contributed by atoms with Gasteiger partial charge in [-0.05, 0) is 67.6 Å². The lowest BCUT2D eigenvalue weighted by atomic mass is 10.0. The van der Waals surface area contributed by atoms with Crippen LogP contribution in [0.3, 0.4) is 0 Å². The maximum atomic E-state index is 13.7. The Morgan fingerprint density at radius 3 is 2.29 bits per heavy atom. The van der Waals surface area contributed by atoms with Crippen LogP contribution in [0.2, 0.25) is 0 Å². The maximum Gasteiger partial charge on any atom is 0.261 e. The second-order valence-electron chi connectivity index (χ2n) is 7.15. The molecule has 2 aromatic rings. The molecule has 6 nitrogen and oxygen atoms in total. The van der Waals surface area contributed by atoms with E-state index in [4.69, 9.17) is 0 Å². The number of nitrogens with zero attached hydrogens (tertiary/aromatic N) is 1. The third-order valence-corrected chi connectivity index (χ3v) is 8.08. The van der Waals surface area contributed by atoms with Crippen LogP contribution in [0, 0.1) is 18.7 Å². The first-order valence-corrected chi connectivity index (χ1v) is 11.9. The van der Waals surface area contributed by atoms with Crippen LogP contribution in [-0.2, 0) is 20.0 Å². The molecule has 1 N–H and O–H groups in total. The summed E-state index contributed by atoms with van der Waals surface area (Å²) < 4.78 is 67.9. The summed E-state index contributed by atoms with van der Waals surface area (Å²) in [7, 11) is -7.59. The standard InChI is InChI=1S/C19H23FN2O4S2/c1-14-4-3-11-22(13-14)28(25,26)17-9-6-16(7-10-17)21-27(23,24)18-8-5-15(2)19(20)12-18/h5-10,12,14,21H,3-4,11,13H2,1-2H3. The van der Waals surface area contributed by atoms with Crippen molar-refractivity contribution >= 4 is 25.7 Å². The summed E-state index contributed by atoms with van der Waals surface area (Å²) in [6.07, 6.45) is 1.83. The van der Waals surface area contributed by atoms with Crippen molar-refractivity contribution in [1.82, 2.24) is 4.31 Å². The van der Waals surface area contributed by atoms with Gasteiger partial charge in [0, 0.05) is 18.8 Å². The van der Waals surface area contributed by atoms with Gasteiger partial charge in [-0.2, -0.15) is 4.31 Å². The minimum atomic E-state index is -3.98. The van der Waals surface area contributed by atoms with Gasteiger partial charge in [-0.25, -0.2) is 21.2 Å². The van der Waals surface area contributed by atoms with Crippen LogP contribution in [0.1, 0.15) is 25.3 Å². The summed E-state index contributed by atoms with van der Waals surface area (Å²) in [6, 6.07) is 9.19. The molecule has 152 valence electrons. The Balaban J connectivity index is 1.79. The third kappa shape index (κ3) is 4.37. The molecule has 0 spiro atoms. The van der Waals surface area contributed by atoms with E-state index in [-0.39, 0.29) is 15.5 Å². The van der Waals surface area contributed by atoms with Gasteiger partial charge in [0.15, 0.2) is 0 Å². The SMILES string of the molecule is Cc1ccc(S(=O)(=O)Nc2ccc(S(=O)(=O)N3CCCC(C)C3)cc2)cc1F. The number of hydrogen-bond donors (Lipinski definition) is 1. The fourth-order valence-corrected chi connectivity index (χ4v) is 5.83. The molecule has 28 heavy (non-hydrogen) atoms. The Morgan fingerprint density at radius 1 is 1.04 bits per heavy atom. The molecule has 1 fully saturated rings. The Hall–Kier alpha value is -1.97. The lowest BCUT2D eigenvalue weighted by Crippen LogP contribution is -2.39. The van der Waals surface area contributed by atoms with Crippen molar-refractivity contribution in [3.63, 3.8) is 0 Å². The molecule has 1 aliphatic heterocycles. The van der Waals surface area contributed by atoms with Crippen LogP contribution >= 0.6 is 0 Å². The zero-order chi connectivity index (χ0) is 20.5. The van der Waals surface area contributed by atoms with Gasteiger partial charge < -0.3 is 0 Å². The second kappa shape index (κ2) is 7.81. The fraction of sp³-hybridized carbons (Fsp3) is 0.368. The summed E-state index contributed by atoms with van der Waals surface area (Å²) in [5.74, 6) is -0.301. The summed E-state index contributed by atoms with van der Waals surface area (Å²) >= 11 is 0. The molecular weight excluding hydrogens is 403 g/mol. The van der Waals surface area contributed by atoms with Crippen LogP contribution in [0.25, 0.3) is 0 Å². The number of nitrogens with one attached hydrogen (secondary N) is 1. The summed E-state index contributed by atoms with van der Waals surface area (Å²) in [4.78, 5) is -0.0828. The van der Waals surface area contributed by atoms with E-state index in [0.717, 1.165) is 18.9 Å². The highest BCUT2D eigenvalue weighted by Gasteiger charge is 2.28. The number of aryl methyl sites for hydroxylation is 1. The molecule has 0 amide bonds. The number of anilines is 1. The molecule has 0 saturated carbocycles. The van der Waals surface area contributed by atoms with Crippen molar-refractivity contribution in [2.45, 2.75) is 36.5 Å². The first-order chi connectivity index (χ1) is 13.1. The van der Waals surface area contributed by atoms with Crippen molar-refractivity contribution in [3.8, 4) is 0 Å². The van der Waals surface area contributed by atoms with Gasteiger partial charge in [-0.1, -0.05) is 13.0 Å². The van der Waals surface area contributed by atoms with E-state index in [9.17, 15) is 21.2 Å². The first-order valence-electron chi connectivity index (χ1n) is 8.99. The van der Waals surface area contributed by atoms with Crippen molar-refractivity contribution in [2.75, 3.05) is 17.8 Å². The number of hydrogen-bond acceptors (Lipinski definition) is 4. The highest BCUT2D eigenvalue weighted by molar-refractivity contribution is 7.92. The number of rotatable bonds is 5. The molecule has 2 aromatic carbocycles. The molecule has 1 heterocycles. The van der Waals surface area contributed by atoms with Gasteiger partial charge in [-0.15, -0.1) is 0 Å². The topological polar surface area (TPSA) is 83.5 Å². The average Bonchev–Trinajstić information content (AvgIpc) is 2.64. The lowest BCUT2D eigenvalue weighted by Gasteiger charge is -2.30. The highest BCUT2D eigenvalue weighted by Crippen LogP contribution is 2.25. The quantitative estimate of drug-likeness (QED) is 0.795. The van der Waals surface area contributed by atoms with E-state index in [2.05, 4.69) is 4.72 Å². The smallest absolute Gasteiger partial charge is 0.261 e. The van der Waals surface area contributed by atoms with Crippen LogP contribution < -0.4 is 4.72 Å². The molecule has 1 unspecified atom stereocenters. The van der Waals surface area contributed by atoms with Gasteiger partial charge in [0.2, 0.25) is 10.0 Å². The van der Waals surface area contributed by atoms with Crippen LogP contribution in [-0.4, -0.2) is 34.2 Å². The molecule has 3 rings (SSSR count). The minimum Gasteiger partial charge on any atom is -0.280 e. The molecular formula is C19H23FN2O4S2. The maximum absolute atomic E-state index is 13.7. The van der Waals surface area contributed by atoms with Crippen molar-refractivity contribution in [2.24, 2.45) is 5.92 Å². The number of piperidine rings is 1. The Kier molecular flexibility index (Phi) is 5.79. The number of sulfonamides is 2. The van der Waals surface area contributed by atoms with E-state index in [1.54, 1.807) is 6.92 Å². The number of benzene rings is 2. The summed E-state index contributed by atoms with van der Waals surface area (Å²) in [5, 5.41) is 0. The molecule has 0 aromatic heterocycles. The average molecular weight is 427 g/mol. The van der Waals surface area contributed by atoms with Gasteiger partial charge >= 0.3 is 0 Å². The highest BCUT2D eigenvalue weighted by atomic mass is 32.2. The lowest BCUT2D eigenvalue weighted by molar-refractivity contribution is 0.281. The normalized spacial score (nSPS) is 18.8. The largest absolute Gasteiger partial charge is 0.280 e. The summed E-state index contributed by atoms with van der Waals surface area (Å²) in [6.45, 7) is 4.53. The Morgan fingerprint density at radius 2 is 1.68 bits per heavy atom. The van der Waals surface area contributed by atoms with Gasteiger partial charge in [-0.3, -0.25) is 4.72 Å². The van der Waals surface area contributed by atoms with Crippen molar-refractivity contribution in [1.29, 1.82) is 0 Å². The van der Waals surface area contributed by atoms with Gasteiger partial charge in [0.1, 0.15) is 5.82 Å². The number of halogens is 1. The predicted octanol–water partition coefficient (Wildman–Crippen LogP) is 3.36. The third-order valence-electron chi connectivity index (χ3n) is 4.82. The van der Waals surface area contributed by atoms with Crippen LogP contribution in [0.15, 0.2) is 52.3 Å². The van der Waals surface area contributed by atoms with Crippen LogP contribution in [0.5, 0.6) is 0 Å². The molecule has 9 heteroatoms. The van der Waals surface area contributed by atoms with Crippen LogP contribution in [0.4, 0.5) is 10.1 Å². The van der Waals surface area contributed by atoms with E-state index < -0.39 is 25.9 Å². The fourth-order valence-electron chi connectivity index (χ4n) is 3.16. The zero-order valence-electron chi connectivity index (χ0n) is 15.7. The van der Waals surface area contributed by atoms with Crippen molar-refractivity contribution in [3.05, 3.63) is 53.8 Å². The Labute approximate surface area is 165 Å². The molecule has 1 saturated heterocycles. The molecule has 1 aliphatic rings. The first kappa shape index (κ1) is 20.8. The monoisotopic (exact) mass is 426 g/mol. The van der Waals surface area contributed by atoms with Crippen molar-refractivity contribution < 1.29 is 21.2 Å². The minimum absolute atomic E-state index is 0.117.